The van der Waals surface area contributed by atoms with Crippen molar-refractivity contribution in [1.29, 1.82) is 0 Å². The fraction of sp³-hybridized carbons (Fsp3) is 0.545. The molecule has 0 radical (unpaired) electrons. The second-order valence-electron chi connectivity index (χ2n) is 4.80. The van der Waals surface area contributed by atoms with Crippen molar-refractivity contribution in [3.05, 3.63) is 0 Å². The van der Waals surface area contributed by atoms with Crippen LogP contribution in [0, 0.1) is 0 Å². The topological polar surface area (TPSA) is 127 Å². The molecule has 2 aliphatic heterocycles. The highest BCUT2D eigenvalue weighted by Gasteiger charge is 2.40. The molecule has 10 nitrogen and oxygen atoms in total. The van der Waals surface area contributed by atoms with Crippen LogP contribution in [-0.2, 0) is 19.2 Å². The molecule has 10 heteroatoms. The van der Waals surface area contributed by atoms with Gasteiger partial charge in [-0.05, 0) is 0 Å². The van der Waals surface area contributed by atoms with E-state index in [9.17, 15) is 24.0 Å². The molecule has 2 aliphatic rings. The van der Waals surface area contributed by atoms with E-state index in [1.165, 1.54) is 7.05 Å². The van der Waals surface area contributed by atoms with Gasteiger partial charge < -0.3 is 20.2 Å². The maximum Gasteiger partial charge on any atom is 0.328 e. The summed E-state index contributed by atoms with van der Waals surface area (Å²) in [5.74, 6) is -3.05. The lowest BCUT2D eigenvalue weighted by Crippen LogP contribution is -2.61. The second-order valence-corrected chi connectivity index (χ2v) is 4.80. The van der Waals surface area contributed by atoms with Gasteiger partial charge in [-0.25, -0.2) is 9.59 Å². The van der Waals surface area contributed by atoms with E-state index >= 15 is 0 Å². The first-order valence-electron chi connectivity index (χ1n) is 6.15. The Bertz CT molecular complexity index is 533. The Morgan fingerprint density at radius 2 is 1.95 bits per heavy atom. The fourth-order valence-electron chi connectivity index (χ4n) is 2.17. The molecule has 1 unspecified atom stereocenters. The number of aliphatic carboxylic acids is 1. The molecule has 0 bridgehead atoms. The van der Waals surface area contributed by atoms with Crippen LogP contribution in [0.1, 0.15) is 0 Å². The summed E-state index contributed by atoms with van der Waals surface area (Å²) in [6, 6.07) is -1.83. The minimum absolute atomic E-state index is 0.130. The summed E-state index contributed by atoms with van der Waals surface area (Å²) in [5.41, 5.74) is 0. The van der Waals surface area contributed by atoms with E-state index in [2.05, 4.69) is 5.32 Å². The SMILES string of the molecule is CN1CC(=O)N(CC(=O)N2CC(=O)NCC2C(=O)O)C1=O. The molecule has 0 aromatic carbocycles. The maximum absolute atomic E-state index is 12.1. The summed E-state index contributed by atoms with van der Waals surface area (Å²) in [5, 5.41) is 11.4. The molecule has 0 aliphatic carbocycles. The van der Waals surface area contributed by atoms with Crippen LogP contribution in [0.4, 0.5) is 4.79 Å². The van der Waals surface area contributed by atoms with Crippen molar-refractivity contribution < 1.29 is 29.1 Å². The summed E-state index contributed by atoms with van der Waals surface area (Å²) in [6.45, 7) is -1.32. The highest BCUT2D eigenvalue weighted by atomic mass is 16.4. The number of imide groups is 1. The summed E-state index contributed by atoms with van der Waals surface area (Å²) in [6.07, 6.45) is 0. The lowest BCUT2D eigenvalue weighted by atomic mass is 10.2. The number of nitrogens with one attached hydrogen (secondary N) is 1. The number of carbonyl (C=O) groups is 5. The average Bonchev–Trinajstić information content (AvgIpc) is 2.64. The van der Waals surface area contributed by atoms with Crippen LogP contribution in [0.3, 0.4) is 0 Å². The van der Waals surface area contributed by atoms with Gasteiger partial charge in [0, 0.05) is 13.6 Å². The molecule has 2 heterocycles. The van der Waals surface area contributed by atoms with Crippen LogP contribution < -0.4 is 5.32 Å². The normalized spacial score (nSPS) is 22.6. The van der Waals surface area contributed by atoms with Crippen molar-refractivity contribution in [3.8, 4) is 0 Å². The Kier molecular flexibility index (Phi) is 3.78. The smallest absolute Gasteiger partial charge is 0.328 e. The molecular formula is C11H14N4O6. The van der Waals surface area contributed by atoms with Crippen LogP contribution in [0.25, 0.3) is 0 Å². The van der Waals surface area contributed by atoms with Gasteiger partial charge in [-0.2, -0.15) is 0 Å². The molecule has 0 saturated carbocycles. The number of piperazine rings is 1. The standard InChI is InChI=1S/C11H14N4O6/c1-13-4-8(17)15(11(13)21)5-9(18)14-3-7(16)12-2-6(14)10(19)20/h6H,2-5H2,1H3,(H,12,16)(H,19,20). The molecule has 0 aromatic heterocycles. The monoisotopic (exact) mass is 298 g/mol. The molecule has 21 heavy (non-hydrogen) atoms. The molecular weight excluding hydrogens is 284 g/mol. The quantitative estimate of drug-likeness (QED) is 0.545. The van der Waals surface area contributed by atoms with Crippen molar-refractivity contribution in [1.82, 2.24) is 20.0 Å². The summed E-state index contributed by atoms with van der Waals surface area (Å²) < 4.78 is 0. The lowest BCUT2D eigenvalue weighted by molar-refractivity contribution is -0.154. The second kappa shape index (κ2) is 5.38. The molecule has 2 rings (SSSR count). The van der Waals surface area contributed by atoms with Crippen molar-refractivity contribution in [2.75, 3.05) is 33.2 Å². The summed E-state index contributed by atoms with van der Waals surface area (Å²) >= 11 is 0. The van der Waals surface area contributed by atoms with Gasteiger partial charge >= 0.3 is 12.0 Å². The number of hydrogen-bond acceptors (Lipinski definition) is 5. The predicted molar refractivity (Wildman–Crippen MR) is 65.9 cm³/mol. The van der Waals surface area contributed by atoms with Gasteiger partial charge in [-0.1, -0.05) is 0 Å². The predicted octanol–water partition coefficient (Wildman–Crippen LogP) is -2.71. The number of amides is 5. The molecule has 2 saturated heterocycles. The highest BCUT2D eigenvalue weighted by molar-refractivity contribution is 6.05. The lowest BCUT2D eigenvalue weighted by Gasteiger charge is -2.33. The number of carboxylic acid groups (broad SMARTS) is 1. The van der Waals surface area contributed by atoms with Crippen LogP contribution in [0.15, 0.2) is 0 Å². The van der Waals surface area contributed by atoms with Crippen molar-refractivity contribution in [2.24, 2.45) is 0 Å². The number of nitrogens with zero attached hydrogens (tertiary/aromatic N) is 3. The Hall–Kier alpha value is -2.65. The Balaban J connectivity index is 2.10. The van der Waals surface area contributed by atoms with Crippen LogP contribution in [0.5, 0.6) is 0 Å². The molecule has 2 N–H and O–H groups in total. The third-order valence-electron chi connectivity index (χ3n) is 3.31. The van der Waals surface area contributed by atoms with Gasteiger partial charge in [0.15, 0.2) is 0 Å². The molecule has 5 amide bonds. The third kappa shape index (κ3) is 2.78. The highest BCUT2D eigenvalue weighted by Crippen LogP contribution is 2.11. The Morgan fingerprint density at radius 1 is 1.29 bits per heavy atom. The molecule has 1 atom stereocenters. The van der Waals surface area contributed by atoms with E-state index in [0.717, 1.165) is 14.7 Å². The van der Waals surface area contributed by atoms with Gasteiger partial charge in [0.05, 0.1) is 0 Å². The minimum Gasteiger partial charge on any atom is -0.480 e. The average molecular weight is 298 g/mol. The number of rotatable bonds is 3. The van der Waals surface area contributed by atoms with Crippen LogP contribution in [0.2, 0.25) is 0 Å². The number of likely N-dealkylation sites (N-methyl/N-ethyl adjacent to an activating group) is 1. The maximum atomic E-state index is 12.1. The molecule has 114 valence electrons. The number of carboxylic acids is 1. The summed E-state index contributed by atoms with van der Waals surface area (Å²) in [7, 11) is 1.42. The van der Waals surface area contributed by atoms with Gasteiger partial charge in [0.25, 0.3) is 5.91 Å². The van der Waals surface area contributed by atoms with Gasteiger partial charge in [-0.15, -0.1) is 0 Å². The van der Waals surface area contributed by atoms with E-state index in [1.807, 2.05) is 0 Å². The van der Waals surface area contributed by atoms with E-state index in [0.29, 0.717) is 0 Å². The first kappa shape index (κ1) is 14.8. The van der Waals surface area contributed by atoms with Gasteiger partial charge in [0.1, 0.15) is 25.7 Å². The number of urea groups is 1. The van der Waals surface area contributed by atoms with Crippen molar-refractivity contribution >= 4 is 29.7 Å². The van der Waals surface area contributed by atoms with Crippen molar-refractivity contribution in [3.63, 3.8) is 0 Å². The van der Waals surface area contributed by atoms with Crippen LogP contribution >= 0.6 is 0 Å². The van der Waals surface area contributed by atoms with Gasteiger partial charge in [-0.3, -0.25) is 19.3 Å². The molecule has 0 spiro atoms. The molecule has 0 aromatic rings. The zero-order valence-corrected chi connectivity index (χ0v) is 11.2. The fourth-order valence-corrected chi connectivity index (χ4v) is 2.17. The first-order chi connectivity index (χ1) is 9.81. The largest absolute Gasteiger partial charge is 0.480 e. The number of hydrogen-bond donors (Lipinski definition) is 2. The zero-order valence-electron chi connectivity index (χ0n) is 11.2. The van der Waals surface area contributed by atoms with E-state index < -0.39 is 48.9 Å². The van der Waals surface area contributed by atoms with E-state index in [4.69, 9.17) is 5.11 Å². The molecule has 2 fully saturated rings. The van der Waals surface area contributed by atoms with Crippen molar-refractivity contribution in [2.45, 2.75) is 6.04 Å². The van der Waals surface area contributed by atoms with Gasteiger partial charge in [0.2, 0.25) is 11.8 Å². The number of carbonyl (C=O) groups excluding carboxylic acids is 4. The summed E-state index contributed by atoms with van der Waals surface area (Å²) in [4.78, 5) is 60.6. The zero-order chi connectivity index (χ0) is 15.7. The van der Waals surface area contributed by atoms with Crippen LogP contribution in [-0.4, -0.2) is 88.8 Å². The third-order valence-corrected chi connectivity index (χ3v) is 3.31. The Morgan fingerprint density at radius 3 is 2.48 bits per heavy atom. The van der Waals surface area contributed by atoms with E-state index in [-0.39, 0.29) is 13.1 Å². The first-order valence-corrected chi connectivity index (χ1v) is 6.15. The minimum atomic E-state index is -1.26. The van der Waals surface area contributed by atoms with E-state index in [1.54, 1.807) is 0 Å². The Labute approximate surface area is 119 Å².